The Kier molecular flexibility index (Phi) is 6.93. The van der Waals surface area contributed by atoms with Gasteiger partial charge in [0.15, 0.2) is 14.6 Å². The van der Waals surface area contributed by atoms with Gasteiger partial charge in [-0.3, -0.25) is 4.79 Å². The minimum atomic E-state index is -3.50. The van der Waals surface area contributed by atoms with Gasteiger partial charge in [-0.25, -0.2) is 8.42 Å². The molecule has 1 amide bonds. The van der Waals surface area contributed by atoms with Crippen molar-refractivity contribution in [3.63, 3.8) is 0 Å². The van der Waals surface area contributed by atoms with Gasteiger partial charge in [-0.1, -0.05) is 18.2 Å². The Morgan fingerprint density at radius 1 is 1.27 bits per heavy atom. The fourth-order valence-electron chi connectivity index (χ4n) is 3.22. The number of rotatable bonds is 7. The average Bonchev–Trinajstić information content (AvgIpc) is 3.42. The van der Waals surface area contributed by atoms with E-state index in [0.717, 1.165) is 17.6 Å². The van der Waals surface area contributed by atoms with E-state index in [-0.39, 0.29) is 19.0 Å². The van der Waals surface area contributed by atoms with Crippen molar-refractivity contribution in [2.45, 2.75) is 37.0 Å². The molecule has 0 aromatic heterocycles. The second kappa shape index (κ2) is 8.59. The Balaban J connectivity index is 0.00000243. The smallest absolute Gasteiger partial charge is 0.241 e. The summed E-state index contributed by atoms with van der Waals surface area (Å²) in [5.41, 5.74) is 0.870. The number of para-hydroxylation sites is 1. The molecule has 0 bridgehead atoms. The molecular weight excluding hydrogens is 376 g/mol. The lowest BCUT2D eigenvalue weighted by atomic mass is 9.95. The van der Waals surface area contributed by atoms with Crippen LogP contribution in [0.25, 0.3) is 0 Å². The first kappa shape index (κ1) is 21.0. The average molecular weight is 403 g/mol. The topological polar surface area (TPSA) is 84.5 Å². The Labute approximate surface area is 161 Å². The molecule has 1 aliphatic carbocycles. The fraction of sp³-hybridized carbons (Fsp3) is 0.611. The normalized spacial score (nSPS) is 19.3. The molecule has 26 heavy (non-hydrogen) atoms. The molecule has 0 spiro atoms. The van der Waals surface area contributed by atoms with Crippen molar-refractivity contribution in [2.75, 3.05) is 26.0 Å². The molecule has 2 N–H and O–H groups in total. The minimum Gasteiger partial charge on any atom is -0.493 e. The zero-order valence-electron chi connectivity index (χ0n) is 15.0. The first-order chi connectivity index (χ1) is 11.9. The molecule has 1 aromatic carbocycles. The summed E-state index contributed by atoms with van der Waals surface area (Å²) in [5, 5.41) is 5.95. The van der Waals surface area contributed by atoms with E-state index in [4.69, 9.17) is 4.74 Å². The van der Waals surface area contributed by atoms with Gasteiger partial charge in [0.25, 0.3) is 0 Å². The quantitative estimate of drug-likeness (QED) is 0.724. The molecule has 1 saturated carbocycles. The Morgan fingerprint density at radius 3 is 2.54 bits per heavy atom. The molecule has 0 atom stereocenters. The molecule has 2 aliphatic rings. The van der Waals surface area contributed by atoms with Crippen LogP contribution >= 0.6 is 12.4 Å². The summed E-state index contributed by atoms with van der Waals surface area (Å²) in [5.74, 6) is 0.993. The number of benzene rings is 1. The van der Waals surface area contributed by atoms with Crippen LogP contribution in [0.2, 0.25) is 0 Å². The van der Waals surface area contributed by atoms with Gasteiger partial charge in [-0.15, -0.1) is 12.4 Å². The standard InChI is InChI=1S/C18H26N2O4S.ClH/c1-25(22,23)18(8-10-19-11-9-18)17(21)20-12-15-4-2-3-5-16(15)24-13-14-6-7-14;/h2-5,14,19H,6-13H2,1H3,(H,20,21);1H. The highest BCUT2D eigenvalue weighted by Crippen LogP contribution is 2.31. The Morgan fingerprint density at radius 2 is 1.92 bits per heavy atom. The summed E-state index contributed by atoms with van der Waals surface area (Å²) in [6, 6.07) is 7.58. The van der Waals surface area contributed by atoms with Gasteiger partial charge in [0.1, 0.15) is 5.75 Å². The third-order valence-electron chi connectivity index (χ3n) is 5.12. The number of hydrogen-bond donors (Lipinski definition) is 2. The molecule has 1 heterocycles. The number of sulfone groups is 1. The Hall–Kier alpha value is -1.31. The SMILES string of the molecule is CS(=O)(=O)C1(C(=O)NCc2ccccc2OCC2CC2)CCNCC1.Cl. The Bertz CT molecular complexity index is 728. The maximum atomic E-state index is 12.8. The lowest BCUT2D eigenvalue weighted by Gasteiger charge is -2.34. The largest absolute Gasteiger partial charge is 0.493 e. The van der Waals surface area contributed by atoms with Crippen LogP contribution in [0.15, 0.2) is 24.3 Å². The van der Waals surface area contributed by atoms with Crippen LogP contribution in [0.3, 0.4) is 0 Å². The number of amides is 1. The molecule has 1 aromatic rings. The van der Waals surface area contributed by atoms with Crippen molar-refractivity contribution in [3.8, 4) is 5.75 Å². The fourth-order valence-corrected chi connectivity index (χ4v) is 4.57. The van der Waals surface area contributed by atoms with Crippen molar-refractivity contribution in [3.05, 3.63) is 29.8 Å². The second-order valence-corrected chi connectivity index (χ2v) is 9.39. The summed E-state index contributed by atoms with van der Waals surface area (Å²) in [6.45, 7) is 2.03. The van der Waals surface area contributed by atoms with Gasteiger partial charge in [-0.2, -0.15) is 0 Å². The van der Waals surface area contributed by atoms with Crippen LogP contribution < -0.4 is 15.4 Å². The van der Waals surface area contributed by atoms with E-state index in [1.165, 1.54) is 12.8 Å². The van der Waals surface area contributed by atoms with E-state index in [1.807, 2.05) is 24.3 Å². The van der Waals surface area contributed by atoms with E-state index >= 15 is 0 Å². The monoisotopic (exact) mass is 402 g/mol. The van der Waals surface area contributed by atoms with Gasteiger partial charge in [-0.05, 0) is 50.8 Å². The zero-order chi connectivity index (χ0) is 17.9. The van der Waals surface area contributed by atoms with E-state index in [0.29, 0.717) is 38.5 Å². The molecule has 0 unspecified atom stereocenters. The highest BCUT2D eigenvalue weighted by molar-refractivity contribution is 7.92. The number of halogens is 1. The van der Waals surface area contributed by atoms with Crippen LogP contribution in [0.4, 0.5) is 0 Å². The van der Waals surface area contributed by atoms with Gasteiger partial charge in [0, 0.05) is 18.4 Å². The molecule has 2 fully saturated rings. The van der Waals surface area contributed by atoms with E-state index < -0.39 is 20.5 Å². The number of nitrogens with one attached hydrogen (secondary N) is 2. The molecule has 6 nitrogen and oxygen atoms in total. The van der Waals surface area contributed by atoms with Gasteiger partial charge < -0.3 is 15.4 Å². The minimum absolute atomic E-state index is 0. The molecule has 0 radical (unpaired) electrons. The maximum absolute atomic E-state index is 12.8. The van der Waals surface area contributed by atoms with Crippen molar-refractivity contribution in [1.82, 2.24) is 10.6 Å². The number of hydrogen-bond acceptors (Lipinski definition) is 5. The predicted octanol–water partition coefficient (Wildman–Crippen LogP) is 1.68. The zero-order valence-corrected chi connectivity index (χ0v) is 16.6. The molecular formula is C18H27ClN2O4S. The third kappa shape index (κ3) is 4.69. The van der Waals surface area contributed by atoms with Gasteiger partial charge >= 0.3 is 0 Å². The van der Waals surface area contributed by atoms with Crippen molar-refractivity contribution >= 4 is 28.2 Å². The molecule has 1 saturated heterocycles. The highest BCUT2D eigenvalue weighted by Gasteiger charge is 2.48. The highest BCUT2D eigenvalue weighted by atomic mass is 35.5. The summed E-state index contributed by atoms with van der Waals surface area (Å²) in [6.07, 6.45) is 4.19. The predicted molar refractivity (Wildman–Crippen MR) is 103 cm³/mol. The number of piperidine rings is 1. The summed E-state index contributed by atoms with van der Waals surface area (Å²) >= 11 is 0. The van der Waals surface area contributed by atoms with Crippen LogP contribution in [-0.2, 0) is 21.2 Å². The van der Waals surface area contributed by atoms with Crippen LogP contribution in [0.1, 0.15) is 31.2 Å². The summed E-state index contributed by atoms with van der Waals surface area (Å²) in [7, 11) is -3.50. The maximum Gasteiger partial charge on any atom is 0.241 e. The van der Waals surface area contributed by atoms with Crippen molar-refractivity contribution in [2.24, 2.45) is 5.92 Å². The van der Waals surface area contributed by atoms with E-state index in [2.05, 4.69) is 10.6 Å². The van der Waals surface area contributed by atoms with Crippen molar-refractivity contribution < 1.29 is 17.9 Å². The molecule has 8 heteroatoms. The number of carbonyl (C=O) groups excluding carboxylic acids is 1. The third-order valence-corrected chi connectivity index (χ3v) is 7.13. The number of ether oxygens (including phenoxy) is 1. The lowest BCUT2D eigenvalue weighted by Crippen LogP contribution is -2.57. The molecule has 146 valence electrons. The number of carbonyl (C=O) groups is 1. The van der Waals surface area contributed by atoms with Crippen molar-refractivity contribution in [1.29, 1.82) is 0 Å². The van der Waals surface area contributed by atoms with Crippen LogP contribution in [-0.4, -0.2) is 45.0 Å². The van der Waals surface area contributed by atoms with E-state index in [9.17, 15) is 13.2 Å². The van der Waals surface area contributed by atoms with E-state index in [1.54, 1.807) is 0 Å². The second-order valence-electron chi connectivity index (χ2n) is 7.06. The van der Waals surface area contributed by atoms with Gasteiger partial charge in [0.05, 0.1) is 6.61 Å². The van der Waals surface area contributed by atoms with Crippen LogP contribution in [0.5, 0.6) is 5.75 Å². The summed E-state index contributed by atoms with van der Waals surface area (Å²) in [4.78, 5) is 12.8. The summed E-state index contributed by atoms with van der Waals surface area (Å²) < 4.78 is 29.1. The first-order valence-corrected chi connectivity index (χ1v) is 10.7. The van der Waals surface area contributed by atoms with Crippen LogP contribution in [0, 0.1) is 5.92 Å². The molecule has 3 rings (SSSR count). The van der Waals surface area contributed by atoms with Gasteiger partial charge in [0.2, 0.25) is 5.91 Å². The lowest BCUT2D eigenvalue weighted by molar-refractivity contribution is -0.124. The molecule has 1 aliphatic heterocycles. The first-order valence-electron chi connectivity index (χ1n) is 8.82.